The smallest absolute Gasteiger partial charge is 0.315 e. The molecule has 35 heavy (non-hydrogen) atoms. The topological polar surface area (TPSA) is 61.8 Å². The van der Waals surface area contributed by atoms with Crippen LogP contribution in [0.25, 0.3) is 17.2 Å². The molecule has 0 saturated carbocycles. The van der Waals surface area contributed by atoms with E-state index in [9.17, 15) is 9.59 Å². The van der Waals surface area contributed by atoms with Crippen molar-refractivity contribution in [3.05, 3.63) is 120 Å². The first-order valence-electron chi connectivity index (χ1n) is 11.2. The number of ether oxygens (including phenoxy) is 3. The number of hydrogen-bond donors (Lipinski definition) is 0. The maximum absolute atomic E-state index is 12.8. The van der Waals surface area contributed by atoms with Gasteiger partial charge in [0.05, 0.1) is 19.1 Å². The number of allylic oxidation sites excluding steroid dienone is 1. The Bertz CT molecular complexity index is 1400. The molecule has 0 radical (unpaired) electrons. The molecule has 4 aromatic carbocycles. The van der Waals surface area contributed by atoms with Gasteiger partial charge in [-0.2, -0.15) is 0 Å². The first-order valence-corrected chi connectivity index (χ1v) is 11.2. The molecule has 4 aromatic rings. The van der Waals surface area contributed by atoms with Crippen LogP contribution in [0, 0.1) is 0 Å². The molecule has 0 spiro atoms. The molecule has 0 bridgehead atoms. The van der Waals surface area contributed by atoms with E-state index in [0.717, 1.165) is 28.0 Å². The summed E-state index contributed by atoms with van der Waals surface area (Å²) in [5.74, 6) is 1.03. The zero-order valence-electron chi connectivity index (χ0n) is 19.1. The van der Waals surface area contributed by atoms with Crippen LogP contribution < -0.4 is 14.2 Å². The van der Waals surface area contributed by atoms with E-state index in [4.69, 9.17) is 14.2 Å². The molecule has 1 aliphatic heterocycles. The van der Waals surface area contributed by atoms with Gasteiger partial charge < -0.3 is 14.2 Å². The summed E-state index contributed by atoms with van der Waals surface area (Å²) in [6.45, 7) is 0. The van der Waals surface area contributed by atoms with E-state index in [1.54, 1.807) is 43.5 Å². The molecule has 0 saturated heterocycles. The van der Waals surface area contributed by atoms with Crippen LogP contribution in [0.3, 0.4) is 0 Å². The van der Waals surface area contributed by atoms with Gasteiger partial charge in [-0.05, 0) is 52.6 Å². The normalized spacial score (nSPS) is 13.3. The van der Waals surface area contributed by atoms with Crippen molar-refractivity contribution < 1.29 is 23.8 Å². The SMILES string of the molecule is COc1ccc(CC(=O)Oc2ccc3c(c2)O/C(=C\c2ccc(-c4ccccc4)cc2)C3=O)cc1. The highest BCUT2D eigenvalue weighted by atomic mass is 16.5. The lowest BCUT2D eigenvalue weighted by molar-refractivity contribution is -0.133. The fourth-order valence-corrected chi connectivity index (χ4v) is 3.86. The highest BCUT2D eigenvalue weighted by Crippen LogP contribution is 2.35. The van der Waals surface area contributed by atoms with Gasteiger partial charge in [0.2, 0.25) is 5.78 Å². The minimum absolute atomic E-state index is 0.116. The average molecular weight is 463 g/mol. The van der Waals surface area contributed by atoms with Crippen LogP contribution in [-0.2, 0) is 11.2 Å². The molecule has 0 unspecified atom stereocenters. The molecule has 0 N–H and O–H groups in total. The predicted molar refractivity (Wildman–Crippen MR) is 134 cm³/mol. The molecule has 0 atom stereocenters. The number of esters is 1. The van der Waals surface area contributed by atoms with Gasteiger partial charge in [0, 0.05) is 6.07 Å². The number of fused-ring (bicyclic) bond motifs is 1. The average Bonchev–Trinajstić information content (AvgIpc) is 3.19. The van der Waals surface area contributed by atoms with Crippen LogP contribution in [-0.4, -0.2) is 18.9 Å². The van der Waals surface area contributed by atoms with Crippen LogP contribution in [0.2, 0.25) is 0 Å². The molecular formula is C30H22O5. The summed E-state index contributed by atoms with van der Waals surface area (Å²) in [6.07, 6.45) is 1.83. The van der Waals surface area contributed by atoms with Crippen molar-refractivity contribution >= 4 is 17.8 Å². The van der Waals surface area contributed by atoms with Crippen LogP contribution >= 0.6 is 0 Å². The van der Waals surface area contributed by atoms with Gasteiger partial charge in [0.25, 0.3) is 0 Å². The highest BCUT2D eigenvalue weighted by molar-refractivity contribution is 6.14. The highest BCUT2D eigenvalue weighted by Gasteiger charge is 2.28. The Hall–Kier alpha value is -4.64. The molecule has 1 aliphatic rings. The third kappa shape index (κ3) is 4.99. The maximum atomic E-state index is 12.8. The lowest BCUT2D eigenvalue weighted by atomic mass is 10.0. The first-order chi connectivity index (χ1) is 17.1. The second-order valence-electron chi connectivity index (χ2n) is 8.08. The largest absolute Gasteiger partial charge is 0.497 e. The summed E-state index contributed by atoms with van der Waals surface area (Å²) in [5.41, 5.74) is 4.32. The summed E-state index contributed by atoms with van der Waals surface area (Å²) in [6, 6.07) is 30.0. The Morgan fingerprint density at radius 1 is 0.829 bits per heavy atom. The monoisotopic (exact) mass is 462 g/mol. The molecule has 0 amide bonds. The number of hydrogen-bond acceptors (Lipinski definition) is 5. The summed E-state index contributed by atoms with van der Waals surface area (Å²) in [7, 11) is 1.59. The van der Waals surface area contributed by atoms with Crippen molar-refractivity contribution in [2.75, 3.05) is 7.11 Å². The molecule has 1 heterocycles. The molecule has 0 aromatic heterocycles. The number of Topliss-reactive ketones (excluding diaryl/α,β-unsaturated/α-hetero) is 1. The fraction of sp³-hybridized carbons (Fsp3) is 0.0667. The van der Waals surface area contributed by atoms with Crippen molar-refractivity contribution in [1.82, 2.24) is 0 Å². The summed E-state index contributed by atoms with van der Waals surface area (Å²) < 4.78 is 16.4. The van der Waals surface area contributed by atoms with E-state index < -0.39 is 5.97 Å². The van der Waals surface area contributed by atoms with Gasteiger partial charge in [-0.3, -0.25) is 9.59 Å². The number of methoxy groups -OCH3 is 1. The van der Waals surface area contributed by atoms with E-state index in [1.165, 1.54) is 0 Å². The van der Waals surface area contributed by atoms with E-state index in [1.807, 2.05) is 54.6 Å². The zero-order valence-corrected chi connectivity index (χ0v) is 19.1. The molecule has 0 aliphatic carbocycles. The van der Waals surface area contributed by atoms with Gasteiger partial charge in [-0.25, -0.2) is 0 Å². The summed E-state index contributed by atoms with van der Waals surface area (Å²) in [5, 5.41) is 0. The van der Waals surface area contributed by atoms with Gasteiger partial charge >= 0.3 is 5.97 Å². The lowest BCUT2D eigenvalue weighted by Gasteiger charge is -2.06. The van der Waals surface area contributed by atoms with Gasteiger partial charge in [-0.1, -0.05) is 66.7 Å². The molecule has 5 nitrogen and oxygen atoms in total. The van der Waals surface area contributed by atoms with Crippen LogP contribution in [0.4, 0.5) is 0 Å². The van der Waals surface area contributed by atoms with Crippen molar-refractivity contribution in [2.45, 2.75) is 6.42 Å². The number of benzene rings is 4. The van der Waals surface area contributed by atoms with Crippen LogP contribution in [0.5, 0.6) is 17.2 Å². The van der Waals surface area contributed by atoms with E-state index in [-0.39, 0.29) is 18.0 Å². The molecule has 5 heteroatoms. The Morgan fingerprint density at radius 2 is 1.51 bits per heavy atom. The maximum Gasteiger partial charge on any atom is 0.315 e. The minimum Gasteiger partial charge on any atom is -0.497 e. The summed E-state index contributed by atoms with van der Waals surface area (Å²) >= 11 is 0. The molecule has 0 fully saturated rings. The Balaban J connectivity index is 1.26. The van der Waals surface area contributed by atoms with Crippen molar-refractivity contribution in [3.63, 3.8) is 0 Å². The third-order valence-corrected chi connectivity index (χ3v) is 5.70. The van der Waals surface area contributed by atoms with Crippen molar-refractivity contribution in [3.8, 4) is 28.4 Å². The summed E-state index contributed by atoms with van der Waals surface area (Å²) in [4.78, 5) is 25.2. The minimum atomic E-state index is -0.409. The van der Waals surface area contributed by atoms with E-state index in [2.05, 4.69) is 12.1 Å². The third-order valence-electron chi connectivity index (χ3n) is 5.70. The standard InChI is InChI=1S/C30H22O5/c1-33-24-13-9-21(10-14-24)18-29(31)34-25-15-16-26-27(19-25)35-28(30(26)32)17-20-7-11-23(12-8-20)22-5-3-2-4-6-22/h2-17,19H,18H2,1H3/b28-17-. The van der Waals surface area contributed by atoms with E-state index >= 15 is 0 Å². The second-order valence-corrected chi connectivity index (χ2v) is 8.08. The zero-order chi connectivity index (χ0) is 24.2. The van der Waals surface area contributed by atoms with Gasteiger partial charge in [0.15, 0.2) is 5.76 Å². The molecule has 5 rings (SSSR count). The number of rotatable bonds is 6. The number of carbonyl (C=O) groups excluding carboxylic acids is 2. The molecular weight excluding hydrogens is 440 g/mol. The quantitative estimate of drug-likeness (QED) is 0.196. The Kier molecular flexibility index (Phi) is 6.14. The van der Waals surface area contributed by atoms with Gasteiger partial charge in [0.1, 0.15) is 17.2 Å². The second kappa shape index (κ2) is 9.69. The van der Waals surface area contributed by atoms with Crippen molar-refractivity contribution in [1.29, 1.82) is 0 Å². The lowest BCUT2D eigenvalue weighted by Crippen LogP contribution is -2.11. The fourth-order valence-electron chi connectivity index (χ4n) is 3.86. The Labute approximate surface area is 203 Å². The van der Waals surface area contributed by atoms with E-state index in [0.29, 0.717) is 17.1 Å². The van der Waals surface area contributed by atoms with Crippen molar-refractivity contribution in [2.24, 2.45) is 0 Å². The molecule has 172 valence electrons. The Morgan fingerprint density at radius 3 is 2.23 bits per heavy atom. The number of ketones is 1. The predicted octanol–water partition coefficient (Wildman–Crippen LogP) is 6.13. The van der Waals surface area contributed by atoms with Gasteiger partial charge in [-0.15, -0.1) is 0 Å². The van der Waals surface area contributed by atoms with Crippen LogP contribution in [0.15, 0.2) is 103 Å². The number of carbonyl (C=O) groups is 2. The first kappa shape index (κ1) is 22.2. The van der Waals surface area contributed by atoms with Crippen LogP contribution in [0.1, 0.15) is 21.5 Å².